The summed E-state index contributed by atoms with van der Waals surface area (Å²) in [6.07, 6.45) is 42.2. The Hall–Kier alpha value is -1.92. The van der Waals surface area contributed by atoms with Gasteiger partial charge in [0.2, 0.25) is 0 Å². The number of unbranched alkanes of at least 4 members (excludes halogenated alkanes) is 28. The van der Waals surface area contributed by atoms with Gasteiger partial charge in [-0.15, -0.1) is 0 Å². The number of benzene rings is 1. The Bertz CT molecular complexity index is 931. The smallest absolute Gasteiger partial charge is 0.338 e. The molecule has 0 heterocycles. The monoisotopic (exact) mass is 813 g/mol. The van der Waals surface area contributed by atoms with Crippen molar-refractivity contribution < 1.29 is 19.1 Å². The maximum absolute atomic E-state index is 13.1. The molecule has 0 atom stereocenters. The van der Waals surface area contributed by atoms with Crippen LogP contribution < -0.4 is 0 Å². The van der Waals surface area contributed by atoms with Gasteiger partial charge in [0.25, 0.3) is 0 Å². The third-order valence-electron chi connectivity index (χ3n) is 11.9. The predicted molar refractivity (Wildman–Crippen MR) is 250 cm³/mol. The first-order valence-electron chi connectivity index (χ1n) is 25.4. The van der Waals surface area contributed by atoms with Crippen molar-refractivity contribution in [3.63, 3.8) is 0 Å². The summed E-state index contributed by atoms with van der Waals surface area (Å²) in [5.41, 5.74) is 0.830. The number of nitrogens with zero attached hydrogens (tertiary/aromatic N) is 2. The van der Waals surface area contributed by atoms with Gasteiger partial charge in [-0.3, -0.25) is 9.80 Å². The Labute approximate surface area is 360 Å². The predicted octanol–water partition coefficient (Wildman–Crippen LogP) is 15.2. The van der Waals surface area contributed by atoms with Crippen LogP contribution in [0.3, 0.4) is 0 Å². The fourth-order valence-corrected chi connectivity index (χ4v) is 8.02. The van der Waals surface area contributed by atoms with Crippen molar-refractivity contribution in [3.8, 4) is 0 Å². The van der Waals surface area contributed by atoms with E-state index in [0.29, 0.717) is 24.3 Å². The third-order valence-corrected chi connectivity index (χ3v) is 11.9. The largest absolute Gasteiger partial charge is 0.461 e. The molecule has 0 aromatic heterocycles. The molecule has 0 aliphatic heterocycles. The molecule has 0 saturated heterocycles. The van der Waals surface area contributed by atoms with Gasteiger partial charge in [-0.25, -0.2) is 9.59 Å². The van der Waals surface area contributed by atoms with E-state index in [4.69, 9.17) is 9.47 Å². The number of esters is 2. The molecular formula is C52H96N2O4. The molecule has 0 aliphatic carbocycles. The van der Waals surface area contributed by atoms with Crippen LogP contribution in [0.5, 0.6) is 0 Å². The highest BCUT2D eigenvalue weighted by atomic mass is 16.5. The molecule has 1 rings (SSSR count). The zero-order valence-electron chi connectivity index (χ0n) is 39.1. The highest BCUT2D eigenvalue weighted by Gasteiger charge is 2.15. The summed E-state index contributed by atoms with van der Waals surface area (Å²) in [5, 5.41) is 0. The van der Waals surface area contributed by atoms with Crippen LogP contribution in [0.2, 0.25) is 0 Å². The molecule has 1 aromatic rings. The Morgan fingerprint density at radius 2 is 0.603 bits per heavy atom. The Morgan fingerprint density at radius 1 is 0.362 bits per heavy atom. The van der Waals surface area contributed by atoms with Crippen LogP contribution in [0.15, 0.2) is 24.3 Å². The molecule has 58 heavy (non-hydrogen) atoms. The lowest BCUT2D eigenvalue weighted by Gasteiger charge is -2.22. The van der Waals surface area contributed by atoms with Crippen molar-refractivity contribution in [1.29, 1.82) is 0 Å². The summed E-state index contributed by atoms with van der Waals surface area (Å²) in [6.45, 7) is 15.6. The topological polar surface area (TPSA) is 59.1 Å². The van der Waals surface area contributed by atoms with Crippen LogP contribution in [-0.4, -0.2) is 74.2 Å². The van der Waals surface area contributed by atoms with Crippen LogP contribution in [0.1, 0.15) is 254 Å². The normalized spacial score (nSPS) is 11.6. The number of hydrogen-bond acceptors (Lipinski definition) is 6. The van der Waals surface area contributed by atoms with Crippen molar-refractivity contribution >= 4 is 11.9 Å². The average Bonchev–Trinajstić information content (AvgIpc) is 3.24. The molecule has 1 aromatic carbocycles. The zero-order chi connectivity index (χ0) is 42.0. The van der Waals surface area contributed by atoms with Gasteiger partial charge >= 0.3 is 11.9 Å². The summed E-state index contributed by atoms with van der Waals surface area (Å²) < 4.78 is 11.6. The van der Waals surface area contributed by atoms with Crippen LogP contribution in [-0.2, 0) is 9.47 Å². The minimum absolute atomic E-state index is 0.365. The molecule has 0 radical (unpaired) electrons. The van der Waals surface area contributed by atoms with E-state index < -0.39 is 0 Å². The van der Waals surface area contributed by atoms with Crippen molar-refractivity contribution in [3.05, 3.63) is 35.4 Å². The molecule has 0 aliphatic rings. The first-order valence-corrected chi connectivity index (χ1v) is 25.4. The number of carbonyl (C=O) groups excluding carboxylic acids is 2. The molecule has 0 bridgehead atoms. The van der Waals surface area contributed by atoms with E-state index in [1.807, 2.05) is 0 Å². The number of carbonyl (C=O) groups is 2. The third kappa shape index (κ3) is 32.9. The number of ether oxygens (including phenoxy) is 2. The minimum Gasteiger partial charge on any atom is -0.461 e. The van der Waals surface area contributed by atoms with Crippen molar-refractivity contribution in [1.82, 2.24) is 9.80 Å². The molecule has 0 spiro atoms. The summed E-state index contributed by atoms with van der Waals surface area (Å²) in [4.78, 5) is 31.3. The Balaban J connectivity index is 2.57. The molecule has 0 N–H and O–H groups in total. The highest BCUT2D eigenvalue weighted by molar-refractivity contribution is 5.95. The second-order valence-corrected chi connectivity index (χ2v) is 17.4. The van der Waals surface area contributed by atoms with Crippen molar-refractivity contribution in [2.75, 3.05) is 52.5 Å². The van der Waals surface area contributed by atoms with Gasteiger partial charge in [-0.1, -0.05) is 214 Å². The van der Waals surface area contributed by atoms with Crippen molar-refractivity contribution in [2.24, 2.45) is 0 Å². The lowest BCUT2D eigenvalue weighted by atomic mass is 10.1. The Kier molecular flexibility index (Phi) is 39.0. The van der Waals surface area contributed by atoms with Crippen LogP contribution in [0.4, 0.5) is 0 Å². The van der Waals surface area contributed by atoms with Crippen LogP contribution in [0, 0.1) is 0 Å². The second-order valence-electron chi connectivity index (χ2n) is 17.4. The van der Waals surface area contributed by atoms with E-state index in [2.05, 4.69) is 37.5 Å². The molecule has 6 heteroatoms. The average molecular weight is 813 g/mol. The van der Waals surface area contributed by atoms with Crippen LogP contribution in [0.25, 0.3) is 0 Å². The lowest BCUT2D eigenvalue weighted by molar-refractivity contribution is 0.0458. The van der Waals surface area contributed by atoms with E-state index in [0.717, 1.165) is 39.3 Å². The maximum Gasteiger partial charge on any atom is 0.338 e. The molecular weight excluding hydrogens is 717 g/mol. The summed E-state index contributed by atoms with van der Waals surface area (Å²) in [7, 11) is 0. The maximum atomic E-state index is 13.1. The quantitative estimate of drug-likeness (QED) is 0.0483. The van der Waals surface area contributed by atoms with Gasteiger partial charge in [-0.2, -0.15) is 0 Å². The summed E-state index contributed by atoms with van der Waals surface area (Å²) >= 11 is 0. The number of hydrogen-bond donors (Lipinski definition) is 0. The molecule has 6 nitrogen and oxygen atoms in total. The summed E-state index contributed by atoms with van der Waals surface area (Å²) in [6, 6.07) is 6.89. The minimum atomic E-state index is -0.365. The van der Waals surface area contributed by atoms with Gasteiger partial charge in [0.05, 0.1) is 11.1 Å². The van der Waals surface area contributed by atoms with E-state index in [9.17, 15) is 9.59 Å². The van der Waals surface area contributed by atoms with Gasteiger partial charge in [0.1, 0.15) is 13.2 Å². The highest BCUT2D eigenvalue weighted by Crippen LogP contribution is 2.15. The fraction of sp³-hybridized carbons (Fsp3) is 0.846. The molecule has 0 unspecified atom stereocenters. The molecule has 0 fully saturated rings. The van der Waals surface area contributed by atoms with Gasteiger partial charge in [-0.05, 0) is 70.1 Å². The summed E-state index contributed by atoms with van der Waals surface area (Å²) in [5.74, 6) is -0.730. The first-order chi connectivity index (χ1) is 28.5. The molecule has 0 saturated carbocycles. The fourth-order valence-electron chi connectivity index (χ4n) is 8.02. The van der Waals surface area contributed by atoms with E-state index in [1.165, 1.54) is 205 Å². The van der Waals surface area contributed by atoms with Gasteiger partial charge in [0.15, 0.2) is 0 Å². The number of rotatable bonds is 44. The van der Waals surface area contributed by atoms with Gasteiger partial charge in [0, 0.05) is 13.1 Å². The SMILES string of the molecule is CCCCCCCCCCN(CCCCCCCCCC)CCOC(=O)c1cccc(C(=O)OCCN(CCCCCCCCCC)CCCCCCCCCC)c1. The van der Waals surface area contributed by atoms with E-state index in [1.54, 1.807) is 24.3 Å². The van der Waals surface area contributed by atoms with E-state index in [-0.39, 0.29) is 11.9 Å². The lowest BCUT2D eigenvalue weighted by Crippen LogP contribution is -2.30. The molecule has 338 valence electrons. The first kappa shape index (κ1) is 54.1. The Morgan fingerprint density at radius 3 is 0.862 bits per heavy atom. The van der Waals surface area contributed by atoms with Gasteiger partial charge < -0.3 is 9.47 Å². The van der Waals surface area contributed by atoms with Crippen LogP contribution >= 0.6 is 0 Å². The molecule has 0 amide bonds. The standard InChI is InChI=1S/C52H96N2O4/c1-5-9-13-17-21-25-29-33-40-53(41-34-30-26-22-18-14-10-6-2)44-46-57-51(55)49-38-37-39-50(48-49)52(56)58-47-45-54(42-35-31-27-23-19-15-11-7-3)43-36-32-28-24-20-16-12-8-4/h37-39,48H,5-36,40-47H2,1-4H3. The van der Waals surface area contributed by atoms with E-state index >= 15 is 0 Å². The van der Waals surface area contributed by atoms with Crippen molar-refractivity contribution in [2.45, 2.75) is 233 Å². The second kappa shape index (κ2) is 41.8. The zero-order valence-corrected chi connectivity index (χ0v) is 39.1.